The zero-order valence-corrected chi connectivity index (χ0v) is 20.9. The first-order valence-electron chi connectivity index (χ1n) is 13.0. The summed E-state index contributed by atoms with van der Waals surface area (Å²) < 4.78 is 6.92. The van der Waals surface area contributed by atoms with Crippen LogP contribution in [0, 0.1) is 11.8 Å². The van der Waals surface area contributed by atoms with Crippen LogP contribution in [0.3, 0.4) is 0 Å². The third kappa shape index (κ3) is 3.03. The molecular weight excluding hydrogens is 440 g/mol. The highest BCUT2D eigenvalue weighted by atomic mass is 16.5. The van der Waals surface area contributed by atoms with Crippen LogP contribution in [0.4, 0.5) is 0 Å². The number of rotatable bonds is 4. The van der Waals surface area contributed by atoms with Crippen molar-refractivity contribution >= 4 is 5.91 Å². The normalized spacial score (nSPS) is 36.2. The van der Waals surface area contributed by atoms with E-state index in [9.17, 15) is 15.0 Å². The van der Waals surface area contributed by atoms with E-state index in [2.05, 4.69) is 17.9 Å². The third-order valence-corrected chi connectivity index (χ3v) is 9.75. The Kier molecular flexibility index (Phi) is 5.30. The first-order valence-corrected chi connectivity index (χ1v) is 13.0. The van der Waals surface area contributed by atoms with Crippen LogP contribution in [0.25, 0.3) is 0 Å². The van der Waals surface area contributed by atoms with Crippen LogP contribution in [0.2, 0.25) is 0 Å². The van der Waals surface area contributed by atoms with Gasteiger partial charge >= 0.3 is 0 Å². The molecule has 7 atom stereocenters. The van der Waals surface area contributed by atoms with Crippen molar-refractivity contribution in [2.75, 3.05) is 26.7 Å². The third-order valence-electron chi connectivity index (χ3n) is 9.75. The van der Waals surface area contributed by atoms with E-state index in [0.717, 1.165) is 25.8 Å². The number of amides is 1. The predicted octanol–water partition coefficient (Wildman–Crippen LogP) is 3.21. The second-order valence-electron chi connectivity index (χ2n) is 11.3. The Labute approximate surface area is 207 Å². The van der Waals surface area contributed by atoms with Gasteiger partial charge in [0.2, 0.25) is 0 Å². The lowest BCUT2D eigenvalue weighted by Crippen LogP contribution is -2.74. The number of benzene rings is 2. The summed E-state index contributed by atoms with van der Waals surface area (Å²) in [4.78, 5) is 17.9. The van der Waals surface area contributed by atoms with Crippen molar-refractivity contribution in [3.63, 3.8) is 0 Å². The van der Waals surface area contributed by atoms with Gasteiger partial charge in [0.05, 0.1) is 18.3 Å². The molecule has 2 saturated heterocycles. The van der Waals surface area contributed by atoms with Crippen LogP contribution in [0.1, 0.15) is 48.2 Å². The predicted molar refractivity (Wildman–Crippen MR) is 133 cm³/mol. The fourth-order valence-electron chi connectivity index (χ4n) is 8.50. The number of nitrogens with zero attached hydrogens (tertiary/aromatic N) is 2. The summed E-state index contributed by atoms with van der Waals surface area (Å²) in [5.74, 6) is 0.808. The first-order chi connectivity index (χ1) is 16.8. The minimum Gasteiger partial charge on any atom is -0.508 e. The Bertz CT molecular complexity index is 1140. The number of piperidine rings is 1. The van der Waals surface area contributed by atoms with E-state index in [-0.39, 0.29) is 29.3 Å². The molecule has 6 heteroatoms. The number of aromatic hydroxyl groups is 1. The highest BCUT2D eigenvalue weighted by Gasteiger charge is 2.75. The SMILES string of the molecule is CC1N(C[C@@H](C)O)CC2Cc3ccc(O)cc3C23C2COC13CCC2N(C)C(=O)c1ccccc1. The van der Waals surface area contributed by atoms with Crippen LogP contribution < -0.4 is 0 Å². The van der Waals surface area contributed by atoms with Crippen LogP contribution in [0.15, 0.2) is 48.5 Å². The van der Waals surface area contributed by atoms with Gasteiger partial charge in [0, 0.05) is 49.1 Å². The van der Waals surface area contributed by atoms with Gasteiger partial charge in [-0.25, -0.2) is 0 Å². The van der Waals surface area contributed by atoms with Gasteiger partial charge in [-0.2, -0.15) is 0 Å². The van der Waals surface area contributed by atoms with Crippen LogP contribution in [-0.2, 0) is 16.6 Å². The number of carbonyl (C=O) groups is 1. The van der Waals surface area contributed by atoms with Crippen molar-refractivity contribution in [3.8, 4) is 5.75 Å². The van der Waals surface area contributed by atoms with E-state index in [1.807, 2.05) is 55.3 Å². The van der Waals surface area contributed by atoms with Crippen LogP contribution in [-0.4, -0.2) is 76.5 Å². The summed E-state index contributed by atoms with van der Waals surface area (Å²) in [6.07, 6.45) is 2.26. The Hall–Kier alpha value is -2.41. The highest BCUT2D eigenvalue weighted by molar-refractivity contribution is 5.94. The van der Waals surface area contributed by atoms with Crippen molar-refractivity contribution in [3.05, 3.63) is 65.2 Å². The molecule has 6 nitrogen and oxygen atoms in total. The molecule has 3 fully saturated rings. The maximum absolute atomic E-state index is 13.5. The molecule has 0 radical (unpaired) electrons. The molecule has 35 heavy (non-hydrogen) atoms. The van der Waals surface area contributed by atoms with Gasteiger partial charge in [0.25, 0.3) is 5.91 Å². The van der Waals surface area contributed by atoms with Crippen molar-refractivity contribution in [2.24, 2.45) is 11.8 Å². The molecule has 2 heterocycles. The average molecular weight is 477 g/mol. The molecule has 0 aromatic heterocycles. The Morgan fingerprint density at radius 1 is 1.26 bits per heavy atom. The smallest absolute Gasteiger partial charge is 0.253 e. The number of hydrogen-bond donors (Lipinski definition) is 2. The Morgan fingerprint density at radius 3 is 2.77 bits per heavy atom. The number of hydrogen-bond acceptors (Lipinski definition) is 5. The number of phenols is 1. The molecule has 2 aliphatic heterocycles. The summed E-state index contributed by atoms with van der Waals surface area (Å²) in [6, 6.07) is 15.6. The van der Waals surface area contributed by atoms with Crippen molar-refractivity contribution in [1.82, 2.24) is 9.80 Å². The maximum atomic E-state index is 13.5. The van der Waals surface area contributed by atoms with Crippen molar-refractivity contribution < 1.29 is 19.7 Å². The van der Waals surface area contributed by atoms with E-state index < -0.39 is 11.7 Å². The molecule has 2 aromatic rings. The molecule has 4 aliphatic rings. The lowest BCUT2D eigenvalue weighted by Gasteiger charge is -2.63. The van der Waals surface area contributed by atoms with Crippen LogP contribution >= 0.6 is 0 Å². The number of aliphatic hydroxyl groups excluding tert-OH is 1. The molecule has 1 amide bonds. The zero-order valence-electron chi connectivity index (χ0n) is 20.9. The summed E-state index contributed by atoms with van der Waals surface area (Å²) in [6.45, 7) is 6.22. The molecular formula is C29H36N2O4. The standard InChI is InChI=1S/C29H36N2O4/c1-18(32)15-31-16-22-13-21-9-10-23(33)14-24(21)29(22)25-17-35-28(29,19(31)2)12-11-26(25)30(3)27(34)20-7-5-4-6-8-20/h4-10,14,18-19,22,25-26,32-33H,11-13,15-17H2,1-3H3/t18-,19?,22?,25?,26?,28?,29?/m1/s1. The molecule has 6 rings (SSSR count). The minimum absolute atomic E-state index is 0.0525. The maximum Gasteiger partial charge on any atom is 0.253 e. The summed E-state index contributed by atoms with van der Waals surface area (Å²) >= 11 is 0. The summed E-state index contributed by atoms with van der Waals surface area (Å²) in [7, 11) is 1.95. The number of ether oxygens (including phenoxy) is 1. The number of aliphatic hydroxyl groups is 1. The van der Waals surface area contributed by atoms with Crippen LogP contribution in [0.5, 0.6) is 5.75 Å². The van der Waals surface area contributed by atoms with Gasteiger partial charge in [0.15, 0.2) is 0 Å². The van der Waals surface area contributed by atoms with E-state index in [1.54, 1.807) is 6.07 Å². The highest BCUT2D eigenvalue weighted by Crippen LogP contribution is 2.68. The summed E-state index contributed by atoms with van der Waals surface area (Å²) in [5, 5.41) is 20.8. The van der Waals surface area contributed by atoms with E-state index in [1.165, 1.54) is 11.1 Å². The summed E-state index contributed by atoms with van der Waals surface area (Å²) in [5.41, 5.74) is 2.56. The van der Waals surface area contributed by atoms with Gasteiger partial charge in [-0.1, -0.05) is 24.3 Å². The van der Waals surface area contributed by atoms with E-state index in [4.69, 9.17) is 4.74 Å². The number of fused-ring (bicyclic) bond motifs is 1. The van der Waals surface area contributed by atoms with E-state index >= 15 is 0 Å². The minimum atomic E-state index is -0.405. The molecule has 1 saturated carbocycles. The Balaban J connectivity index is 1.46. The number of likely N-dealkylation sites (tertiary alicyclic amines) is 1. The quantitative estimate of drug-likeness (QED) is 0.709. The lowest BCUT2D eigenvalue weighted by atomic mass is 9.48. The molecule has 6 unspecified atom stereocenters. The fraction of sp³-hybridized carbons (Fsp3) is 0.552. The second-order valence-corrected chi connectivity index (χ2v) is 11.3. The topological polar surface area (TPSA) is 73.2 Å². The Morgan fingerprint density at radius 2 is 2.03 bits per heavy atom. The number of phenolic OH excluding ortho intramolecular Hbond substituents is 1. The monoisotopic (exact) mass is 476 g/mol. The molecule has 2 aromatic carbocycles. The molecule has 2 bridgehead atoms. The lowest BCUT2D eigenvalue weighted by molar-refractivity contribution is -0.161. The molecule has 186 valence electrons. The fourth-order valence-corrected chi connectivity index (χ4v) is 8.50. The van der Waals surface area contributed by atoms with Gasteiger partial charge in [-0.05, 0) is 74.4 Å². The first kappa shape index (κ1) is 23.0. The molecule has 2 aliphatic carbocycles. The van der Waals surface area contributed by atoms with Gasteiger partial charge in [-0.3, -0.25) is 9.69 Å². The average Bonchev–Trinajstić information content (AvgIpc) is 3.27. The van der Waals surface area contributed by atoms with Gasteiger partial charge in [0.1, 0.15) is 5.75 Å². The number of carbonyl (C=O) groups excluding carboxylic acids is 1. The zero-order chi connectivity index (χ0) is 24.5. The van der Waals surface area contributed by atoms with Gasteiger partial charge < -0.3 is 19.8 Å². The molecule has 2 N–H and O–H groups in total. The van der Waals surface area contributed by atoms with E-state index in [0.29, 0.717) is 30.4 Å². The largest absolute Gasteiger partial charge is 0.508 e. The van der Waals surface area contributed by atoms with Crippen molar-refractivity contribution in [2.45, 2.75) is 62.3 Å². The second kappa shape index (κ2) is 8.05. The van der Waals surface area contributed by atoms with Gasteiger partial charge in [-0.15, -0.1) is 0 Å². The number of β-amino-alcohol motifs (C(OH)–C–C–N with tert-alkyl or cyclic N) is 1. The molecule has 1 spiro atoms. The van der Waals surface area contributed by atoms with Crippen molar-refractivity contribution in [1.29, 1.82) is 0 Å².